The Balaban J connectivity index is 2.06. The van der Waals surface area contributed by atoms with Gasteiger partial charge in [0.1, 0.15) is 6.10 Å². The van der Waals surface area contributed by atoms with Crippen molar-refractivity contribution in [1.29, 1.82) is 0 Å². The third kappa shape index (κ3) is 6.16. The van der Waals surface area contributed by atoms with Crippen molar-refractivity contribution in [3.05, 3.63) is 35.4 Å². The lowest BCUT2D eigenvalue weighted by Gasteiger charge is -2.43. The van der Waals surface area contributed by atoms with E-state index in [1.807, 2.05) is 0 Å². The van der Waals surface area contributed by atoms with Crippen LogP contribution >= 0.6 is 0 Å². The summed E-state index contributed by atoms with van der Waals surface area (Å²) in [4.78, 5) is 23.5. The first-order chi connectivity index (χ1) is 13.8. The van der Waals surface area contributed by atoms with Gasteiger partial charge in [0.05, 0.1) is 29.3 Å². The number of benzene rings is 1. The van der Waals surface area contributed by atoms with Gasteiger partial charge in [0.15, 0.2) is 0 Å². The van der Waals surface area contributed by atoms with Crippen LogP contribution in [0.1, 0.15) is 43.7 Å². The van der Waals surface area contributed by atoms with E-state index in [0.29, 0.717) is 5.56 Å². The van der Waals surface area contributed by atoms with Crippen molar-refractivity contribution >= 4 is 11.8 Å². The molecule has 2 amide bonds. The summed E-state index contributed by atoms with van der Waals surface area (Å²) in [7, 11) is 0. The van der Waals surface area contributed by atoms with Gasteiger partial charge in [0, 0.05) is 12.8 Å². The van der Waals surface area contributed by atoms with E-state index in [1.54, 1.807) is 6.92 Å². The molecule has 6 N–H and O–H groups in total. The second kappa shape index (κ2) is 9.32. The number of alkyl halides is 3. The van der Waals surface area contributed by atoms with Gasteiger partial charge >= 0.3 is 6.18 Å². The molecule has 1 aromatic rings. The van der Waals surface area contributed by atoms with Crippen molar-refractivity contribution in [2.24, 2.45) is 17.4 Å². The van der Waals surface area contributed by atoms with E-state index < -0.39 is 53.4 Å². The van der Waals surface area contributed by atoms with Crippen LogP contribution in [0.4, 0.5) is 13.2 Å². The molecular formula is C20H27F3N2O5. The molecule has 0 aromatic heterocycles. The topological polar surface area (TPSA) is 136 Å². The van der Waals surface area contributed by atoms with Gasteiger partial charge in [-0.05, 0) is 37.8 Å². The summed E-state index contributed by atoms with van der Waals surface area (Å²) >= 11 is 0. The standard InChI is InChI=1S/C20H27F3N2O5/c1-11-9-19(29,10-16(30-11)18(25)28)15(17(24)27)8-14(26)6-5-12-3-2-4-13(7-12)20(21,22)23/h2-4,7,11,14-16,26,29H,5-6,8-10H2,1H3,(H2,24,27)(H2,25,28). The number of amides is 2. The Labute approximate surface area is 172 Å². The Morgan fingerprint density at radius 2 is 1.97 bits per heavy atom. The highest BCUT2D eigenvalue weighted by molar-refractivity contribution is 5.80. The molecule has 1 aliphatic heterocycles. The zero-order valence-corrected chi connectivity index (χ0v) is 16.6. The molecule has 0 radical (unpaired) electrons. The fourth-order valence-electron chi connectivity index (χ4n) is 3.96. The van der Waals surface area contributed by atoms with Gasteiger partial charge in [-0.2, -0.15) is 13.2 Å². The van der Waals surface area contributed by atoms with Crippen LogP contribution in [0.15, 0.2) is 24.3 Å². The van der Waals surface area contributed by atoms with Gasteiger partial charge in [-0.3, -0.25) is 9.59 Å². The van der Waals surface area contributed by atoms with Crippen LogP contribution < -0.4 is 11.5 Å². The maximum absolute atomic E-state index is 12.8. The molecule has 1 fully saturated rings. The first-order valence-corrected chi connectivity index (χ1v) is 9.62. The predicted molar refractivity (Wildman–Crippen MR) is 101 cm³/mol. The molecule has 0 spiro atoms. The van der Waals surface area contributed by atoms with E-state index in [0.717, 1.165) is 12.1 Å². The third-order valence-electron chi connectivity index (χ3n) is 5.41. The summed E-state index contributed by atoms with van der Waals surface area (Å²) in [6.45, 7) is 1.61. The number of carbonyl (C=O) groups excluding carboxylic acids is 2. The number of nitrogens with two attached hydrogens (primary N) is 2. The highest BCUT2D eigenvalue weighted by atomic mass is 19.4. The van der Waals surface area contributed by atoms with Crippen LogP contribution in [0.25, 0.3) is 0 Å². The van der Waals surface area contributed by atoms with Crippen molar-refractivity contribution in [3.63, 3.8) is 0 Å². The lowest BCUT2D eigenvalue weighted by atomic mass is 9.74. The van der Waals surface area contributed by atoms with Gasteiger partial charge in [0.2, 0.25) is 11.8 Å². The molecular weight excluding hydrogens is 405 g/mol. The lowest BCUT2D eigenvalue weighted by Crippen LogP contribution is -2.56. The normalized spacial score (nSPS) is 26.7. The minimum absolute atomic E-state index is 0.0186. The fourth-order valence-corrected chi connectivity index (χ4v) is 3.96. The third-order valence-corrected chi connectivity index (χ3v) is 5.41. The molecule has 168 valence electrons. The largest absolute Gasteiger partial charge is 0.416 e. The van der Waals surface area contributed by atoms with Crippen LogP contribution in [0.5, 0.6) is 0 Å². The minimum atomic E-state index is -4.47. The molecule has 30 heavy (non-hydrogen) atoms. The number of aliphatic hydroxyl groups excluding tert-OH is 1. The highest BCUT2D eigenvalue weighted by Crippen LogP contribution is 2.37. The van der Waals surface area contributed by atoms with E-state index in [1.165, 1.54) is 12.1 Å². The number of primary amides is 2. The van der Waals surface area contributed by atoms with E-state index in [2.05, 4.69) is 0 Å². The molecule has 1 saturated heterocycles. The zero-order valence-electron chi connectivity index (χ0n) is 16.6. The molecule has 1 aromatic carbocycles. The molecule has 1 heterocycles. The van der Waals surface area contributed by atoms with E-state index in [4.69, 9.17) is 16.2 Å². The summed E-state index contributed by atoms with van der Waals surface area (Å²) in [5.74, 6) is -2.82. The SMILES string of the molecule is CC1CC(O)(C(CC(O)CCc2cccc(C(F)(F)F)c2)C(N)=O)CC(C(N)=O)O1. The van der Waals surface area contributed by atoms with Crippen LogP contribution in [0.2, 0.25) is 0 Å². The fraction of sp³-hybridized carbons (Fsp3) is 0.600. The summed E-state index contributed by atoms with van der Waals surface area (Å²) in [6, 6.07) is 4.76. The smallest absolute Gasteiger partial charge is 0.393 e. The number of rotatable bonds is 8. The molecule has 0 aliphatic carbocycles. The number of aryl methyl sites for hydroxylation is 1. The van der Waals surface area contributed by atoms with E-state index in [-0.39, 0.29) is 32.1 Å². The lowest BCUT2D eigenvalue weighted by molar-refractivity contribution is -0.178. The molecule has 7 nitrogen and oxygen atoms in total. The van der Waals surface area contributed by atoms with Crippen LogP contribution in [0.3, 0.4) is 0 Å². The Bertz CT molecular complexity index is 773. The number of hydrogen-bond donors (Lipinski definition) is 4. The highest BCUT2D eigenvalue weighted by Gasteiger charge is 2.48. The quantitative estimate of drug-likeness (QED) is 0.491. The zero-order chi connectivity index (χ0) is 22.7. The Morgan fingerprint density at radius 1 is 1.30 bits per heavy atom. The number of aliphatic hydroxyl groups is 2. The first-order valence-electron chi connectivity index (χ1n) is 9.62. The van der Waals surface area contributed by atoms with Crippen LogP contribution in [-0.2, 0) is 26.9 Å². The Hall–Kier alpha value is -2.17. The van der Waals surface area contributed by atoms with Crippen molar-refractivity contribution in [1.82, 2.24) is 0 Å². The molecule has 10 heteroatoms. The molecule has 1 aliphatic rings. The average Bonchev–Trinajstić information content (AvgIpc) is 2.63. The summed E-state index contributed by atoms with van der Waals surface area (Å²) in [6.07, 6.45) is -7.45. The summed E-state index contributed by atoms with van der Waals surface area (Å²) in [5.41, 5.74) is 8.62. The van der Waals surface area contributed by atoms with Crippen molar-refractivity contribution in [2.45, 2.75) is 69.1 Å². The monoisotopic (exact) mass is 432 g/mol. The van der Waals surface area contributed by atoms with Gasteiger partial charge in [-0.15, -0.1) is 0 Å². The second-order valence-electron chi connectivity index (χ2n) is 7.93. The molecule has 0 bridgehead atoms. The second-order valence-corrected chi connectivity index (χ2v) is 7.93. The van der Waals surface area contributed by atoms with Crippen LogP contribution in [0, 0.1) is 5.92 Å². The van der Waals surface area contributed by atoms with E-state index >= 15 is 0 Å². The maximum Gasteiger partial charge on any atom is 0.416 e. The maximum atomic E-state index is 12.8. The Kier molecular flexibility index (Phi) is 7.49. The number of hydrogen-bond acceptors (Lipinski definition) is 5. The molecule has 0 saturated carbocycles. The minimum Gasteiger partial charge on any atom is -0.393 e. The summed E-state index contributed by atoms with van der Waals surface area (Å²) in [5, 5.41) is 21.4. The van der Waals surface area contributed by atoms with Crippen LogP contribution in [-0.4, -0.2) is 45.9 Å². The number of ether oxygens (including phenoxy) is 1. The van der Waals surface area contributed by atoms with Gasteiger partial charge < -0.3 is 26.4 Å². The van der Waals surface area contributed by atoms with Gasteiger partial charge in [-0.1, -0.05) is 18.2 Å². The average molecular weight is 432 g/mol. The van der Waals surface area contributed by atoms with Gasteiger partial charge in [0.25, 0.3) is 0 Å². The molecule has 2 rings (SSSR count). The van der Waals surface area contributed by atoms with Gasteiger partial charge in [-0.25, -0.2) is 0 Å². The predicted octanol–water partition coefficient (Wildman–Crippen LogP) is 1.27. The number of halogens is 3. The van der Waals surface area contributed by atoms with Crippen molar-refractivity contribution < 1.29 is 37.7 Å². The number of carbonyl (C=O) groups is 2. The first kappa shape index (κ1) is 24.1. The van der Waals surface area contributed by atoms with Crippen molar-refractivity contribution in [2.75, 3.05) is 0 Å². The van der Waals surface area contributed by atoms with Crippen molar-refractivity contribution in [3.8, 4) is 0 Å². The molecule has 5 atom stereocenters. The van der Waals surface area contributed by atoms with E-state index in [9.17, 15) is 33.0 Å². The summed E-state index contributed by atoms with van der Waals surface area (Å²) < 4.78 is 43.9. The molecule has 5 unspecified atom stereocenters. The Morgan fingerprint density at radius 3 is 2.53 bits per heavy atom.